The molecule has 1 saturated heterocycles. The van der Waals surface area contributed by atoms with Gasteiger partial charge in [-0.15, -0.1) is 0 Å². The first-order chi connectivity index (χ1) is 20.1. The third-order valence-corrected chi connectivity index (χ3v) is 8.83. The minimum absolute atomic E-state index is 0.0103. The molecule has 7 nitrogen and oxygen atoms in total. The summed E-state index contributed by atoms with van der Waals surface area (Å²) in [7, 11) is 0. The van der Waals surface area contributed by atoms with E-state index in [1.807, 2.05) is 35.2 Å². The quantitative estimate of drug-likeness (QED) is 0.327. The second-order valence-electron chi connectivity index (χ2n) is 11.6. The number of hydrogen-bond acceptors (Lipinski definition) is 4. The lowest BCUT2D eigenvalue weighted by Crippen LogP contribution is -2.48. The van der Waals surface area contributed by atoms with E-state index in [4.69, 9.17) is 9.15 Å². The smallest absolute Gasteiger partial charge is 0.289 e. The molecule has 7 heteroatoms. The van der Waals surface area contributed by atoms with Gasteiger partial charge in [0.25, 0.3) is 5.91 Å². The van der Waals surface area contributed by atoms with Crippen molar-refractivity contribution in [2.75, 3.05) is 26.2 Å². The van der Waals surface area contributed by atoms with Crippen molar-refractivity contribution < 1.29 is 18.7 Å². The van der Waals surface area contributed by atoms with Crippen molar-refractivity contribution in [2.24, 2.45) is 5.41 Å². The average molecular weight is 554 g/mol. The highest BCUT2D eigenvalue weighted by molar-refractivity contribution is 5.91. The van der Waals surface area contributed by atoms with E-state index in [-0.39, 0.29) is 17.2 Å². The van der Waals surface area contributed by atoms with Gasteiger partial charge in [0.2, 0.25) is 5.91 Å². The Bertz CT molecular complexity index is 1490. The second kappa shape index (κ2) is 12.2. The van der Waals surface area contributed by atoms with Gasteiger partial charge in [-0.25, -0.2) is 0 Å². The van der Waals surface area contributed by atoms with Gasteiger partial charge in [-0.1, -0.05) is 42.8 Å². The maximum absolute atomic E-state index is 13.4. The van der Waals surface area contributed by atoms with Crippen molar-refractivity contribution in [1.82, 2.24) is 14.8 Å². The van der Waals surface area contributed by atoms with E-state index in [9.17, 15) is 9.59 Å². The molecule has 2 amide bonds. The highest BCUT2D eigenvalue weighted by Crippen LogP contribution is 2.37. The number of benzene rings is 2. The first-order valence-electron chi connectivity index (χ1n) is 15.0. The minimum Gasteiger partial charge on any atom is -0.493 e. The van der Waals surface area contributed by atoms with Crippen molar-refractivity contribution in [3.8, 4) is 5.75 Å². The normalized spacial score (nSPS) is 18.3. The van der Waals surface area contributed by atoms with E-state index in [1.54, 1.807) is 6.07 Å². The summed E-state index contributed by atoms with van der Waals surface area (Å²) in [5.74, 6) is 2.13. The third-order valence-electron chi connectivity index (χ3n) is 8.83. The Kier molecular flexibility index (Phi) is 8.12. The van der Waals surface area contributed by atoms with Crippen LogP contribution in [0.15, 0.2) is 77.3 Å². The fourth-order valence-corrected chi connectivity index (χ4v) is 6.34. The van der Waals surface area contributed by atoms with Crippen molar-refractivity contribution in [1.29, 1.82) is 0 Å². The summed E-state index contributed by atoms with van der Waals surface area (Å²) < 4.78 is 14.2. The number of piperidine rings is 1. The molecular formula is C34H39N3O4. The lowest BCUT2D eigenvalue weighted by Gasteiger charge is -2.42. The van der Waals surface area contributed by atoms with E-state index >= 15 is 0 Å². The highest BCUT2D eigenvalue weighted by atomic mass is 16.5. The molecule has 214 valence electrons. The van der Waals surface area contributed by atoms with E-state index in [2.05, 4.69) is 46.4 Å². The van der Waals surface area contributed by atoms with Gasteiger partial charge in [0, 0.05) is 37.8 Å². The topological polar surface area (TPSA) is 76.7 Å². The first kappa shape index (κ1) is 27.2. The van der Waals surface area contributed by atoms with Crippen LogP contribution in [0.2, 0.25) is 0 Å². The van der Waals surface area contributed by atoms with Gasteiger partial charge >= 0.3 is 0 Å². The molecule has 0 atom stereocenters. The predicted molar refractivity (Wildman–Crippen MR) is 159 cm³/mol. The summed E-state index contributed by atoms with van der Waals surface area (Å²) in [4.78, 5) is 27.9. The van der Waals surface area contributed by atoms with E-state index < -0.39 is 0 Å². The zero-order valence-corrected chi connectivity index (χ0v) is 23.6. The van der Waals surface area contributed by atoms with Gasteiger partial charge in [-0.05, 0) is 85.2 Å². The maximum atomic E-state index is 13.4. The lowest BCUT2D eigenvalue weighted by atomic mass is 9.74. The second-order valence-corrected chi connectivity index (χ2v) is 11.6. The lowest BCUT2D eigenvalue weighted by molar-refractivity contribution is -0.122. The Morgan fingerprint density at radius 1 is 0.878 bits per heavy atom. The van der Waals surface area contributed by atoms with Crippen LogP contribution in [0, 0.1) is 5.41 Å². The summed E-state index contributed by atoms with van der Waals surface area (Å²) in [5.41, 5.74) is 2.40. The van der Waals surface area contributed by atoms with Crippen LogP contribution >= 0.6 is 0 Å². The number of amides is 2. The molecule has 2 aliphatic heterocycles. The summed E-state index contributed by atoms with van der Waals surface area (Å²) in [5, 5.41) is 4.40. The van der Waals surface area contributed by atoms with E-state index in [1.165, 1.54) is 10.9 Å². The Labute approximate surface area is 241 Å². The molecule has 2 aliphatic rings. The summed E-state index contributed by atoms with van der Waals surface area (Å²) in [6, 6.07) is 22.3. The summed E-state index contributed by atoms with van der Waals surface area (Å²) in [6.07, 6.45) is 9.14. The van der Waals surface area contributed by atoms with Gasteiger partial charge in [-0.3, -0.25) is 9.59 Å². The largest absolute Gasteiger partial charge is 0.493 e. The SMILES string of the molecule is O=C1CCCOc2ccccc2CCCCC2(CCN(C(=O)c3ccc(Cn4ccc5ccccc54)o3)CC2)CN1. The van der Waals surface area contributed by atoms with Gasteiger partial charge in [0.15, 0.2) is 5.76 Å². The molecule has 0 bridgehead atoms. The first-order valence-corrected chi connectivity index (χ1v) is 15.0. The number of nitrogens with one attached hydrogen (secondary N) is 1. The van der Waals surface area contributed by atoms with Crippen LogP contribution in [-0.4, -0.2) is 47.5 Å². The molecule has 0 saturated carbocycles. The van der Waals surface area contributed by atoms with E-state index in [0.717, 1.165) is 55.6 Å². The fraction of sp³-hybridized carbons (Fsp3) is 0.412. The number of hydrogen-bond donors (Lipinski definition) is 1. The Balaban J connectivity index is 1.08. The number of para-hydroxylation sites is 2. The Morgan fingerprint density at radius 2 is 1.71 bits per heavy atom. The molecule has 1 spiro atoms. The molecule has 2 aromatic heterocycles. The predicted octanol–water partition coefficient (Wildman–Crippen LogP) is 6.21. The number of fused-ring (bicyclic) bond motifs is 2. The van der Waals surface area contributed by atoms with Crippen molar-refractivity contribution in [2.45, 2.75) is 57.9 Å². The van der Waals surface area contributed by atoms with Crippen LogP contribution < -0.4 is 10.1 Å². The fourth-order valence-electron chi connectivity index (χ4n) is 6.34. The zero-order valence-electron chi connectivity index (χ0n) is 23.6. The maximum Gasteiger partial charge on any atom is 0.289 e. The van der Waals surface area contributed by atoms with Gasteiger partial charge in [-0.2, -0.15) is 0 Å². The number of carbonyl (C=O) groups is 2. The number of aryl methyl sites for hydroxylation is 1. The molecule has 1 N–H and O–H groups in total. The summed E-state index contributed by atoms with van der Waals surface area (Å²) >= 11 is 0. The molecule has 6 rings (SSSR count). The zero-order chi connectivity index (χ0) is 28.1. The monoisotopic (exact) mass is 553 g/mol. The molecule has 0 unspecified atom stereocenters. The summed E-state index contributed by atoms with van der Waals surface area (Å²) in [6.45, 7) is 3.14. The van der Waals surface area contributed by atoms with Gasteiger partial charge < -0.3 is 23.9 Å². The van der Waals surface area contributed by atoms with Crippen LogP contribution in [-0.2, 0) is 17.8 Å². The molecule has 2 aromatic carbocycles. The van der Waals surface area contributed by atoms with Gasteiger partial charge in [0.1, 0.15) is 11.5 Å². The highest BCUT2D eigenvalue weighted by Gasteiger charge is 2.36. The minimum atomic E-state index is -0.0509. The third kappa shape index (κ3) is 6.34. The average Bonchev–Trinajstić information content (AvgIpc) is 3.64. The van der Waals surface area contributed by atoms with Crippen LogP contribution in [0.5, 0.6) is 5.75 Å². The number of furan rings is 1. The Morgan fingerprint density at radius 3 is 2.61 bits per heavy atom. The molecular weight excluding hydrogens is 514 g/mol. The van der Waals surface area contributed by atoms with Crippen LogP contribution in [0.3, 0.4) is 0 Å². The Hall–Kier alpha value is -4.00. The number of aromatic nitrogens is 1. The number of likely N-dealkylation sites (tertiary alicyclic amines) is 1. The van der Waals surface area contributed by atoms with Gasteiger partial charge in [0.05, 0.1) is 13.2 Å². The number of ether oxygens (including phenoxy) is 1. The molecule has 0 aliphatic carbocycles. The molecule has 1 fully saturated rings. The number of carbonyl (C=O) groups excluding carboxylic acids is 2. The molecule has 41 heavy (non-hydrogen) atoms. The standard InChI is InChI=1S/C34H39N3O4/c38-32-13-7-23-40-30-12-4-2-9-27(30)10-5-6-17-34(25-35-32)18-21-36(22-19-34)33(39)31-15-14-28(41-31)24-37-20-16-26-8-1-3-11-29(26)37/h1-4,8-9,11-12,14-16,20H,5-7,10,13,17-19,21-25H2,(H,35,38). The van der Waals surface area contributed by atoms with Crippen LogP contribution in [0.25, 0.3) is 10.9 Å². The van der Waals surface area contributed by atoms with Crippen molar-refractivity contribution in [3.05, 3.63) is 90.0 Å². The van der Waals surface area contributed by atoms with Crippen molar-refractivity contribution >= 4 is 22.7 Å². The molecule has 4 heterocycles. The van der Waals surface area contributed by atoms with Crippen LogP contribution in [0.1, 0.15) is 66.8 Å². The molecule has 4 aromatic rings. The van der Waals surface area contributed by atoms with Crippen molar-refractivity contribution in [3.63, 3.8) is 0 Å². The number of nitrogens with zero attached hydrogens (tertiary/aromatic N) is 2. The number of rotatable bonds is 3. The van der Waals surface area contributed by atoms with Crippen LogP contribution in [0.4, 0.5) is 0 Å². The molecule has 0 radical (unpaired) electrons. The van der Waals surface area contributed by atoms with E-state index in [0.29, 0.717) is 51.4 Å².